The Labute approximate surface area is 179 Å². The molecule has 0 saturated heterocycles. The van der Waals surface area contributed by atoms with Gasteiger partial charge < -0.3 is 20.1 Å². The van der Waals surface area contributed by atoms with Gasteiger partial charge in [-0.15, -0.1) is 0 Å². The van der Waals surface area contributed by atoms with Gasteiger partial charge in [0.2, 0.25) is 0 Å². The van der Waals surface area contributed by atoms with Crippen molar-refractivity contribution in [3.8, 4) is 0 Å². The van der Waals surface area contributed by atoms with Crippen LogP contribution in [0.5, 0.6) is 0 Å². The first kappa shape index (κ1) is 21.1. The molecule has 0 bridgehead atoms. The summed E-state index contributed by atoms with van der Waals surface area (Å²) in [4.78, 5) is 23.8. The molecule has 3 aromatic rings. The van der Waals surface area contributed by atoms with E-state index in [1.54, 1.807) is 30.5 Å². The summed E-state index contributed by atoms with van der Waals surface area (Å²) in [6.45, 7) is 0.409. The number of hydrogen-bond acceptors (Lipinski definition) is 3. The number of aliphatic hydroxyl groups is 1. The fraction of sp³-hybridized carbons (Fsp3) is 0.333. The summed E-state index contributed by atoms with van der Waals surface area (Å²) in [6.07, 6.45) is 4.25. The zero-order valence-electron chi connectivity index (χ0n) is 17.1. The van der Waals surface area contributed by atoms with Gasteiger partial charge in [0.1, 0.15) is 5.82 Å². The highest BCUT2D eigenvalue weighted by molar-refractivity contribution is 6.07. The Morgan fingerprint density at radius 3 is 2.48 bits per heavy atom. The Hall–Kier alpha value is -3.19. The fourth-order valence-electron chi connectivity index (χ4n) is 4.27. The molecule has 1 aromatic heterocycles. The lowest BCUT2D eigenvalue weighted by Gasteiger charge is -2.28. The lowest BCUT2D eigenvalue weighted by atomic mass is 9.92. The summed E-state index contributed by atoms with van der Waals surface area (Å²) in [6, 6.07) is 11.6. The predicted molar refractivity (Wildman–Crippen MR) is 115 cm³/mol. The average molecular weight is 424 g/mol. The van der Waals surface area contributed by atoms with Gasteiger partial charge in [0.15, 0.2) is 0 Å². The van der Waals surface area contributed by atoms with Crippen LogP contribution >= 0.6 is 0 Å². The normalized spacial score (nSPS) is 18.8. The summed E-state index contributed by atoms with van der Waals surface area (Å²) >= 11 is 0. The Morgan fingerprint density at radius 1 is 1.06 bits per heavy atom. The molecule has 4 rings (SSSR count). The van der Waals surface area contributed by atoms with Crippen LogP contribution in [0.2, 0.25) is 0 Å². The van der Waals surface area contributed by atoms with E-state index in [9.17, 15) is 19.1 Å². The maximum Gasteiger partial charge on any atom is 0.307 e. The van der Waals surface area contributed by atoms with Crippen molar-refractivity contribution in [2.24, 2.45) is 0 Å². The van der Waals surface area contributed by atoms with E-state index in [1.165, 1.54) is 6.07 Å². The molecule has 2 atom stereocenters. The fourth-order valence-corrected chi connectivity index (χ4v) is 4.27. The third-order valence-electron chi connectivity index (χ3n) is 5.88. The molecule has 0 spiro atoms. The second kappa shape index (κ2) is 8.89. The van der Waals surface area contributed by atoms with Gasteiger partial charge in [-0.05, 0) is 36.1 Å². The van der Waals surface area contributed by atoms with Gasteiger partial charge in [0.05, 0.1) is 29.6 Å². The molecular weight excluding hydrogens is 399 g/mol. The van der Waals surface area contributed by atoms with Crippen LogP contribution in [0.1, 0.15) is 47.2 Å². The first-order chi connectivity index (χ1) is 14.9. The number of carbonyl (C=O) groups excluding carboxylic acids is 1. The molecule has 0 unspecified atom stereocenters. The number of nitrogens with zero attached hydrogens (tertiary/aromatic N) is 1. The predicted octanol–water partition coefficient (Wildman–Crippen LogP) is 3.49. The maximum absolute atomic E-state index is 14.7. The van der Waals surface area contributed by atoms with E-state index < -0.39 is 23.8 Å². The molecule has 0 aliphatic heterocycles. The highest BCUT2D eigenvalue weighted by Crippen LogP contribution is 2.26. The molecule has 2 aromatic carbocycles. The summed E-state index contributed by atoms with van der Waals surface area (Å²) < 4.78 is 16.5. The number of halogens is 1. The van der Waals surface area contributed by atoms with Crippen molar-refractivity contribution in [2.75, 3.05) is 0 Å². The molecule has 6 nitrogen and oxygen atoms in total. The molecule has 7 heteroatoms. The summed E-state index contributed by atoms with van der Waals surface area (Å²) in [7, 11) is 0. The van der Waals surface area contributed by atoms with Gasteiger partial charge in [-0.25, -0.2) is 4.39 Å². The van der Waals surface area contributed by atoms with E-state index in [-0.39, 0.29) is 23.4 Å². The molecule has 1 saturated carbocycles. The van der Waals surface area contributed by atoms with Crippen LogP contribution in [0.25, 0.3) is 10.9 Å². The monoisotopic (exact) mass is 424 g/mol. The van der Waals surface area contributed by atoms with Crippen LogP contribution in [0.4, 0.5) is 4.39 Å². The third kappa shape index (κ3) is 4.61. The average Bonchev–Trinajstić information content (AvgIpc) is 3.11. The number of benzene rings is 2. The summed E-state index contributed by atoms with van der Waals surface area (Å²) in [5, 5.41) is 22.2. The van der Waals surface area contributed by atoms with Gasteiger partial charge in [-0.2, -0.15) is 0 Å². The number of aromatic nitrogens is 1. The van der Waals surface area contributed by atoms with Crippen molar-refractivity contribution in [3.05, 3.63) is 71.2 Å². The first-order valence-corrected chi connectivity index (χ1v) is 10.5. The second-order valence-electron chi connectivity index (χ2n) is 8.12. The molecule has 1 fully saturated rings. The Balaban J connectivity index is 1.62. The van der Waals surface area contributed by atoms with Gasteiger partial charge in [0.25, 0.3) is 5.91 Å². The van der Waals surface area contributed by atoms with Crippen molar-refractivity contribution < 1.29 is 24.2 Å². The Morgan fingerprint density at radius 2 is 1.77 bits per heavy atom. The number of aliphatic carboxylic acids is 1. The standard InChI is InChI=1S/C24H25FN2O4/c25-18-4-3-6-20-23(18)17(24(31)26-19-5-1-2-7-21(19)28)14-27(20)13-16-10-8-15(9-11-16)12-22(29)30/h3-4,6,8-11,14,19,21,28H,1-2,5,7,12-13H2,(H,26,31)(H,29,30)/t19-,21-/m0/s1. The smallest absolute Gasteiger partial charge is 0.307 e. The molecule has 31 heavy (non-hydrogen) atoms. The van der Waals surface area contributed by atoms with Crippen LogP contribution in [0.15, 0.2) is 48.7 Å². The lowest BCUT2D eigenvalue weighted by molar-refractivity contribution is -0.136. The number of hydrogen-bond donors (Lipinski definition) is 3. The quantitative estimate of drug-likeness (QED) is 0.565. The number of aliphatic hydroxyl groups excluding tert-OH is 1. The molecule has 0 radical (unpaired) electrons. The zero-order valence-corrected chi connectivity index (χ0v) is 17.1. The first-order valence-electron chi connectivity index (χ1n) is 10.5. The number of carboxylic acids is 1. The van der Waals surface area contributed by atoms with E-state index in [4.69, 9.17) is 5.11 Å². The number of carboxylic acid groups (broad SMARTS) is 1. The SMILES string of the molecule is O=C(O)Cc1ccc(Cn2cc(C(=O)N[C@H]3CCCC[C@@H]3O)c3c(F)cccc32)cc1. The molecule has 3 N–H and O–H groups in total. The molecule has 1 aliphatic carbocycles. The molecule has 1 heterocycles. The van der Waals surface area contributed by atoms with Gasteiger partial charge >= 0.3 is 5.97 Å². The number of fused-ring (bicyclic) bond motifs is 1. The van der Waals surface area contributed by atoms with Gasteiger partial charge in [0, 0.05) is 18.1 Å². The van der Waals surface area contributed by atoms with Crippen LogP contribution in [-0.4, -0.2) is 38.8 Å². The van der Waals surface area contributed by atoms with Crippen molar-refractivity contribution in [1.29, 1.82) is 0 Å². The van der Waals surface area contributed by atoms with E-state index >= 15 is 0 Å². The lowest BCUT2D eigenvalue weighted by Crippen LogP contribution is -2.45. The topological polar surface area (TPSA) is 91.6 Å². The number of rotatable bonds is 6. The largest absolute Gasteiger partial charge is 0.481 e. The Bertz CT molecular complexity index is 1110. The Kier molecular flexibility index (Phi) is 6.04. The maximum atomic E-state index is 14.7. The van der Waals surface area contributed by atoms with Gasteiger partial charge in [-0.3, -0.25) is 9.59 Å². The van der Waals surface area contributed by atoms with Gasteiger partial charge in [-0.1, -0.05) is 43.2 Å². The van der Waals surface area contributed by atoms with E-state index in [0.29, 0.717) is 30.5 Å². The minimum absolute atomic E-state index is 0.0464. The minimum atomic E-state index is -0.890. The molecule has 162 valence electrons. The minimum Gasteiger partial charge on any atom is -0.481 e. The van der Waals surface area contributed by atoms with Crippen LogP contribution in [0, 0.1) is 5.82 Å². The third-order valence-corrected chi connectivity index (χ3v) is 5.88. The van der Waals surface area contributed by atoms with Crippen molar-refractivity contribution >= 4 is 22.8 Å². The molecule has 1 aliphatic rings. The zero-order chi connectivity index (χ0) is 22.0. The van der Waals surface area contributed by atoms with Crippen molar-refractivity contribution in [1.82, 2.24) is 9.88 Å². The summed E-state index contributed by atoms with van der Waals surface area (Å²) in [5.74, 6) is -1.75. The molecule has 1 amide bonds. The summed E-state index contributed by atoms with van der Waals surface area (Å²) in [5.41, 5.74) is 2.45. The second-order valence-corrected chi connectivity index (χ2v) is 8.12. The number of carbonyl (C=O) groups is 2. The van der Waals surface area contributed by atoms with E-state index in [2.05, 4.69) is 5.32 Å². The molecular formula is C24H25FN2O4. The highest BCUT2D eigenvalue weighted by Gasteiger charge is 2.27. The highest BCUT2D eigenvalue weighted by atomic mass is 19.1. The van der Waals surface area contributed by atoms with Crippen LogP contribution in [-0.2, 0) is 17.8 Å². The van der Waals surface area contributed by atoms with Crippen LogP contribution in [0.3, 0.4) is 0 Å². The van der Waals surface area contributed by atoms with Crippen molar-refractivity contribution in [3.63, 3.8) is 0 Å². The van der Waals surface area contributed by atoms with E-state index in [1.807, 2.05) is 16.7 Å². The number of nitrogens with one attached hydrogen (secondary N) is 1. The van der Waals surface area contributed by atoms with Crippen LogP contribution < -0.4 is 5.32 Å². The number of amides is 1. The van der Waals surface area contributed by atoms with E-state index in [0.717, 1.165) is 18.4 Å². The van der Waals surface area contributed by atoms with Crippen molar-refractivity contribution in [2.45, 2.75) is 50.8 Å².